The van der Waals surface area contributed by atoms with E-state index in [0.717, 1.165) is 16.2 Å². The first-order valence-corrected chi connectivity index (χ1v) is 6.78. The molecule has 0 heterocycles. The Bertz CT molecular complexity index is 572. The van der Waals surface area contributed by atoms with Gasteiger partial charge in [0, 0.05) is 15.8 Å². The fourth-order valence-electron chi connectivity index (χ4n) is 1.67. The second-order valence-corrected chi connectivity index (χ2v) is 5.37. The molecular formula is C15H16FNOS. The van der Waals surface area contributed by atoms with Crippen LogP contribution < -0.4 is 10.5 Å². The average molecular weight is 277 g/mol. The van der Waals surface area contributed by atoms with E-state index in [9.17, 15) is 4.39 Å². The summed E-state index contributed by atoms with van der Waals surface area (Å²) in [6.07, 6.45) is 0. The van der Waals surface area contributed by atoms with E-state index in [1.165, 1.54) is 17.8 Å². The van der Waals surface area contributed by atoms with Crippen LogP contribution in [0.3, 0.4) is 0 Å². The Morgan fingerprint density at radius 2 is 2.00 bits per heavy atom. The van der Waals surface area contributed by atoms with Gasteiger partial charge in [0.2, 0.25) is 0 Å². The smallest absolute Gasteiger partial charge is 0.137 e. The van der Waals surface area contributed by atoms with E-state index in [4.69, 9.17) is 10.5 Å². The van der Waals surface area contributed by atoms with E-state index >= 15 is 0 Å². The summed E-state index contributed by atoms with van der Waals surface area (Å²) in [5.74, 6) is 0.514. The number of ether oxygens (including phenoxy) is 1. The van der Waals surface area contributed by atoms with E-state index in [0.29, 0.717) is 4.90 Å². The van der Waals surface area contributed by atoms with Gasteiger partial charge in [0.25, 0.3) is 0 Å². The van der Waals surface area contributed by atoms with Crippen molar-refractivity contribution >= 4 is 11.8 Å². The highest BCUT2D eigenvalue weighted by Crippen LogP contribution is 2.32. The van der Waals surface area contributed by atoms with E-state index in [-0.39, 0.29) is 11.9 Å². The molecule has 0 fully saturated rings. The Morgan fingerprint density at radius 3 is 2.63 bits per heavy atom. The van der Waals surface area contributed by atoms with Crippen molar-refractivity contribution in [3.8, 4) is 5.75 Å². The van der Waals surface area contributed by atoms with Crippen molar-refractivity contribution in [2.45, 2.75) is 22.8 Å². The van der Waals surface area contributed by atoms with Crippen LogP contribution in [0.1, 0.15) is 18.5 Å². The molecular weight excluding hydrogens is 261 g/mol. The third-order valence-corrected chi connectivity index (χ3v) is 3.79. The number of hydrogen-bond donors (Lipinski definition) is 1. The molecule has 1 atom stereocenters. The SMILES string of the molecule is COc1cccc(Sc2ccc([C@@H](C)N)cc2F)c1. The van der Waals surface area contributed by atoms with E-state index in [2.05, 4.69) is 0 Å². The lowest BCUT2D eigenvalue weighted by Crippen LogP contribution is -2.05. The molecule has 2 N–H and O–H groups in total. The van der Waals surface area contributed by atoms with Crippen molar-refractivity contribution in [3.05, 3.63) is 53.8 Å². The molecule has 0 saturated carbocycles. The van der Waals surface area contributed by atoms with Gasteiger partial charge in [0.05, 0.1) is 7.11 Å². The quantitative estimate of drug-likeness (QED) is 0.917. The molecule has 2 aromatic rings. The van der Waals surface area contributed by atoms with Crippen LogP contribution in [0.15, 0.2) is 52.3 Å². The first-order chi connectivity index (χ1) is 9.10. The summed E-state index contributed by atoms with van der Waals surface area (Å²) < 4.78 is 19.1. The molecule has 4 heteroatoms. The van der Waals surface area contributed by atoms with Crippen molar-refractivity contribution in [1.82, 2.24) is 0 Å². The highest BCUT2D eigenvalue weighted by atomic mass is 32.2. The first-order valence-electron chi connectivity index (χ1n) is 5.97. The van der Waals surface area contributed by atoms with Crippen LogP contribution in [-0.2, 0) is 0 Å². The summed E-state index contributed by atoms with van der Waals surface area (Å²) in [4.78, 5) is 1.52. The van der Waals surface area contributed by atoms with E-state index in [1.54, 1.807) is 13.2 Å². The van der Waals surface area contributed by atoms with E-state index < -0.39 is 0 Å². The fraction of sp³-hybridized carbons (Fsp3) is 0.200. The van der Waals surface area contributed by atoms with Gasteiger partial charge in [-0.15, -0.1) is 0 Å². The van der Waals surface area contributed by atoms with E-state index in [1.807, 2.05) is 37.3 Å². The summed E-state index contributed by atoms with van der Waals surface area (Å²) in [5, 5.41) is 0. The maximum Gasteiger partial charge on any atom is 0.137 e. The molecule has 0 aromatic heterocycles. The Hall–Kier alpha value is -1.52. The van der Waals surface area contributed by atoms with Gasteiger partial charge < -0.3 is 10.5 Å². The van der Waals surface area contributed by atoms with Crippen molar-refractivity contribution in [2.24, 2.45) is 5.73 Å². The minimum atomic E-state index is -0.248. The number of methoxy groups -OCH3 is 1. The number of rotatable bonds is 4. The lowest BCUT2D eigenvalue weighted by Gasteiger charge is -2.09. The predicted molar refractivity (Wildman–Crippen MR) is 76.1 cm³/mol. The molecule has 0 aliphatic heterocycles. The maximum absolute atomic E-state index is 14.0. The molecule has 19 heavy (non-hydrogen) atoms. The van der Waals surface area contributed by atoms with Gasteiger partial charge >= 0.3 is 0 Å². The summed E-state index contributed by atoms with van der Waals surface area (Å²) in [6.45, 7) is 1.84. The zero-order valence-electron chi connectivity index (χ0n) is 10.9. The standard InChI is InChI=1S/C15H16FNOS/c1-10(17)11-6-7-15(14(16)8-11)19-13-5-3-4-12(9-13)18-2/h3-10H,17H2,1-2H3/t10-/m1/s1. The van der Waals surface area contributed by atoms with Crippen LogP contribution in [0.2, 0.25) is 0 Å². The van der Waals surface area contributed by atoms with Crippen molar-refractivity contribution in [1.29, 1.82) is 0 Å². The largest absolute Gasteiger partial charge is 0.497 e. The highest BCUT2D eigenvalue weighted by Gasteiger charge is 2.08. The Kier molecular flexibility index (Phi) is 4.45. The molecule has 2 rings (SSSR count). The summed E-state index contributed by atoms with van der Waals surface area (Å²) in [7, 11) is 1.61. The van der Waals surface area contributed by atoms with Crippen molar-refractivity contribution < 1.29 is 9.13 Å². The predicted octanol–water partition coefficient (Wildman–Crippen LogP) is 4.01. The van der Waals surface area contributed by atoms with Gasteiger partial charge in [-0.1, -0.05) is 23.9 Å². The number of halogens is 1. The zero-order valence-corrected chi connectivity index (χ0v) is 11.7. The third-order valence-electron chi connectivity index (χ3n) is 2.75. The lowest BCUT2D eigenvalue weighted by atomic mass is 10.1. The topological polar surface area (TPSA) is 35.2 Å². The van der Waals surface area contributed by atoms with Crippen LogP contribution in [0.25, 0.3) is 0 Å². The molecule has 0 saturated heterocycles. The Morgan fingerprint density at radius 1 is 1.21 bits per heavy atom. The average Bonchev–Trinajstić information content (AvgIpc) is 2.41. The highest BCUT2D eigenvalue weighted by molar-refractivity contribution is 7.99. The van der Waals surface area contributed by atoms with Gasteiger partial charge in [0.1, 0.15) is 11.6 Å². The van der Waals surface area contributed by atoms with Crippen LogP contribution in [-0.4, -0.2) is 7.11 Å². The molecule has 2 aromatic carbocycles. The number of nitrogens with two attached hydrogens (primary N) is 1. The molecule has 100 valence electrons. The molecule has 0 amide bonds. The van der Waals surface area contributed by atoms with Crippen LogP contribution in [0.5, 0.6) is 5.75 Å². The zero-order chi connectivity index (χ0) is 13.8. The molecule has 0 spiro atoms. The second-order valence-electron chi connectivity index (χ2n) is 4.26. The summed E-state index contributed by atoms with van der Waals surface area (Å²) >= 11 is 1.37. The van der Waals surface area contributed by atoms with Gasteiger partial charge in [-0.25, -0.2) is 4.39 Å². The van der Waals surface area contributed by atoms with Gasteiger partial charge in [-0.3, -0.25) is 0 Å². The maximum atomic E-state index is 14.0. The molecule has 0 aliphatic carbocycles. The van der Waals surface area contributed by atoms with Crippen molar-refractivity contribution in [3.63, 3.8) is 0 Å². The third kappa shape index (κ3) is 3.49. The Labute approximate surface area is 116 Å². The monoisotopic (exact) mass is 277 g/mol. The first kappa shape index (κ1) is 13.9. The number of hydrogen-bond acceptors (Lipinski definition) is 3. The second kappa shape index (κ2) is 6.08. The minimum absolute atomic E-state index is 0.162. The summed E-state index contributed by atoms with van der Waals surface area (Å²) in [6, 6.07) is 12.5. The van der Waals surface area contributed by atoms with Crippen LogP contribution >= 0.6 is 11.8 Å². The fourth-order valence-corrected chi connectivity index (χ4v) is 2.54. The summed E-state index contributed by atoms with van der Waals surface area (Å²) in [5.41, 5.74) is 6.53. The van der Waals surface area contributed by atoms with Gasteiger partial charge in [0.15, 0.2) is 0 Å². The molecule has 0 bridgehead atoms. The lowest BCUT2D eigenvalue weighted by molar-refractivity contribution is 0.413. The Balaban J connectivity index is 2.23. The van der Waals surface area contributed by atoms with Gasteiger partial charge in [-0.05, 0) is 42.8 Å². The minimum Gasteiger partial charge on any atom is -0.497 e. The van der Waals surface area contributed by atoms with Crippen LogP contribution in [0, 0.1) is 5.82 Å². The molecule has 0 aliphatic rings. The normalized spacial score (nSPS) is 12.2. The molecule has 2 nitrogen and oxygen atoms in total. The molecule has 0 radical (unpaired) electrons. The van der Waals surface area contributed by atoms with Crippen molar-refractivity contribution in [2.75, 3.05) is 7.11 Å². The van der Waals surface area contributed by atoms with Gasteiger partial charge in [-0.2, -0.15) is 0 Å². The van der Waals surface area contributed by atoms with Crippen LogP contribution in [0.4, 0.5) is 4.39 Å². The molecule has 0 unspecified atom stereocenters. The number of benzene rings is 2.